The summed E-state index contributed by atoms with van der Waals surface area (Å²) in [5.74, 6) is -1.13. The van der Waals surface area contributed by atoms with E-state index in [1.807, 2.05) is 0 Å². The van der Waals surface area contributed by atoms with E-state index >= 15 is 0 Å². The first-order valence-corrected chi connectivity index (χ1v) is 8.77. The van der Waals surface area contributed by atoms with Crippen LogP contribution >= 0.6 is 0 Å². The fraction of sp³-hybridized carbons (Fsp3) is 0.824. The number of hydrogen-bond donors (Lipinski definition) is 3. The summed E-state index contributed by atoms with van der Waals surface area (Å²) in [4.78, 5) is 35.2. The van der Waals surface area contributed by atoms with Crippen molar-refractivity contribution in [2.75, 3.05) is 6.61 Å². The molecular weight excluding hydrogens is 312 g/mol. The molecule has 0 aromatic rings. The van der Waals surface area contributed by atoms with Crippen LogP contribution in [-0.2, 0) is 19.1 Å². The SMILES string of the molecule is CCOC(=O)C(C)NC(=O)[C@@H](O)[C@@H](CC1CCCCC1)NC(C)=O. The molecule has 0 aliphatic heterocycles. The van der Waals surface area contributed by atoms with Crippen LogP contribution in [0.4, 0.5) is 0 Å². The molecule has 0 heterocycles. The van der Waals surface area contributed by atoms with E-state index in [1.165, 1.54) is 20.3 Å². The van der Waals surface area contributed by atoms with Crippen molar-refractivity contribution in [1.29, 1.82) is 0 Å². The number of carbonyl (C=O) groups excluding carboxylic acids is 3. The first kappa shape index (κ1) is 20.4. The number of hydrogen-bond acceptors (Lipinski definition) is 5. The number of aliphatic hydroxyl groups excluding tert-OH is 1. The minimum Gasteiger partial charge on any atom is -0.464 e. The Morgan fingerprint density at radius 2 is 1.79 bits per heavy atom. The van der Waals surface area contributed by atoms with E-state index < -0.39 is 30.1 Å². The molecule has 138 valence electrons. The molecule has 0 bridgehead atoms. The van der Waals surface area contributed by atoms with Gasteiger partial charge in [-0.15, -0.1) is 0 Å². The van der Waals surface area contributed by atoms with Gasteiger partial charge in [0.2, 0.25) is 5.91 Å². The van der Waals surface area contributed by atoms with Crippen LogP contribution in [0.25, 0.3) is 0 Å². The Hall–Kier alpha value is -1.63. The largest absolute Gasteiger partial charge is 0.464 e. The zero-order valence-corrected chi connectivity index (χ0v) is 14.8. The van der Waals surface area contributed by atoms with Gasteiger partial charge in [-0.05, 0) is 26.2 Å². The van der Waals surface area contributed by atoms with Crippen molar-refractivity contribution in [3.63, 3.8) is 0 Å². The Balaban J connectivity index is 2.64. The topological polar surface area (TPSA) is 105 Å². The lowest BCUT2D eigenvalue weighted by Gasteiger charge is -2.29. The summed E-state index contributed by atoms with van der Waals surface area (Å²) in [5.41, 5.74) is 0. The van der Waals surface area contributed by atoms with E-state index in [0.717, 1.165) is 25.7 Å². The third-order valence-electron chi connectivity index (χ3n) is 4.35. The summed E-state index contributed by atoms with van der Waals surface area (Å²) in [7, 11) is 0. The second kappa shape index (κ2) is 10.3. The van der Waals surface area contributed by atoms with Crippen LogP contribution in [0.1, 0.15) is 59.3 Å². The fourth-order valence-corrected chi connectivity index (χ4v) is 3.12. The second-order valence-electron chi connectivity index (χ2n) is 6.47. The predicted molar refractivity (Wildman–Crippen MR) is 89.0 cm³/mol. The van der Waals surface area contributed by atoms with Gasteiger partial charge in [0.1, 0.15) is 6.04 Å². The van der Waals surface area contributed by atoms with Gasteiger partial charge < -0.3 is 20.5 Å². The van der Waals surface area contributed by atoms with Crippen LogP contribution in [0.5, 0.6) is 0 Å². The third-order valence-corrected chi connectivity index (χ3v) is 4.35. The van der Waals surface area contributed by atoms with Crippen LogP contribution in [0.3, 0.4) is 0 Å². The quantitative estimate of drug-likeness (QED) is 0.568. The fourth-order valence-electron chi connectivity index (χ4n) is 3.12. The summed E-state index contributed by atoms with van der Waals surface area (Å²) in [6.45, 7) is 4.76. The Labute approximate surface area is 143 Å². The number of amides is 2. The maximum absolute atomic E-state index is 12.2. The predicted octanol–water partition coefficient (Wildman–Crippen LogP) is 0.890. The lowest BCUT2D eigenvalue weighted by Crippen LogP contribution is -2.53. The van der Waals surface area contributed by atoms with Crippen molar-refractivity contribution in [3.8, 4) is 0 Å². The maximum Gasteiger partial charge on any atom is 0.328 e. The number of nitrogens with one attached hydrogen (secondary N) is 2. The molecule has 7 heteroatoms. The summed E-state index contributed by atoms with van der Waals surface area (Å²) >= 11 is 0. The average molecular weight is 342 g/mol. The van der Waals surface area contributed by atoms with Gasteiger partial charge in [-0.25, -0.2) is 4.79 Å². The molecular formula is C17H30N2O5. The number of esters is 1. The van der Waals surface area contributed by atoms with Gasteiger partial charge >= 0.3 is 5.97 Å². The molecule has 1 rings (SSSR count). The third kappa shape index (κ3) is 6.86. The molecule has 1 aliphatic carbocycles. The maximum atomic E-state index is 12.2. The summed E-state index contributed by atoms with van der Waals surface area (Å²) in [5, 5.41) is 15.4. The Morgan fingerprint density at radius 1 is 1.17 bits per heavy atom. The molecule has 0 aromatic carbocycles. The smallest absolute Gasteiger partial charge is 0.328 e. The van der Waals surface area contributed by atoms with Crippen molar-refractivity contribution in [1.82, 2.24) is 10.6 Å². The first-order valence-electron chi connectivity index (χ1n) is 8.77. The van der Waals surface area contributed by atoms with Crippen molar-refractivity contribution in [3.05, 3.63) is 0 Å². The van der Waals surface area contributed by atoms with Gasteiger partial charge in [-0.3, -0.25) is 9.59 Å². The minimum absolute atomic E-state index is 0.220. The first-order chi connectivity index (χ1) is 11.3. The highest BCUT2D eigenvalue weighted by atomic mass is 16.5. The Bertz CT molecular complexity index is 435. The summed E-state index contributed by atoms with van der Waals surface area (Å²) in [6, 6.07) is -1.50. The summed E-state index contributed by atoms with van der Waals surface area (Å²) in [6.07, 6.45) is 4.74. The molecule has 0 aromatic heterocycles. The molecule has 3 N–H and O–H groups in total. The highest BCUT2D eigenvalue weighted by Gasteiger charge is 2.31. The standard InChI is InChI=1S/C17H30N2O5/c1-4-24-17(23)11(2)18-16(22)15(21)14(19-12(3)20)10-13-8-6-5-7-9-13/h11,13-15,21H,4-10H2,1-3H3,(H,18,22)(H,19,20)/t11?,14-,15+/m1/s1. The Morgan fingerprint density at radius 3 is 2.33 bits per heavy atom. The Kier molecular flexibility index (Phi) is 8.74. The molecule has 2 amide bonds. The molecule has 1 saturated carbocycles. The number of ether oxygens (including phenoxy) is 1. The van der Waals surface area contributed by atoms with Gasteiger partial charge in [-0.2, -0.15) is 0 Å². The van der Waals surface area contributed by atoms with E-state index in [9.17, 15) is 19.5 Å². The molecule has 7 nitrogen and oxygen atoms in total. The van der Waals surface area contributed by atoms with E-state index in [-0.39, 0.29) is 12.5 Å². The van der Waals surface area contributed by atoms with Crippen LogP contribution in [0.2, 0.25) is 0 Å². The lowest BCUT2D eigenvalue weighted by molar-refractivity contribution is -0.148. The van der Waals surface area contributed by atoms with Crippen molar-refractivity contribution >= 4 is 17.8 Å². The van der Waals surface area contributed by atoms with Crippen LogP contribution in [-0.4, -0.2) is 47.7 Å². The molecule has 24 heavy (non-hydrogen) atoms. The van der Waals surface area contributed by atoms with Gasteiger partial charge in [-0.1, -0.05) is 32.1 Å². The zero-order chi connectivity index (χ0) is 18.1. The number of carbonyl (C=O) groups is 3. The normalized spacial score (nSPS) is 19.0. The van der Waals surface area contributed by atoms with E-state index in [0.29, 0.717) is 12.3 Å². The zero-order valence-electron chi connectivity index (χ0n) is 14.8. The van der Waals surface area contributed by atoms with Crippen LogP contribution < -0.4 is 10.6 Å². The molecule has 1 fully saturated rings. The monoisotopic (exact) mass is 342 g/mol. The number of aliphatic hydroxyl groups is 1. The van der Waals surface area contributed by atoms with Crippen LogP contribution in [0.15, 0.2) is 0 Å². The lowest BCUT2D eigenvalue weighted by atomic mass is 9.83. The van der Waals surface area contributed by atoms with Crippen molar-refractivity contribution in [2.24, 2.45) is 5.92 Å². The van der Waals surface area contributed by atoms with Gasteiger partial charge in [0.15, 0.2) is 6.10 Å². The molecule has 3 atom stereocenters. The average Bonchev–Trinajstić information content (AvgIpc) is 2.54. The highest BCUT2D eigenvalue weighted by Crippen LogP contribution is 2.28. The van der Waals surface area contributed by atoms with Gasteiger partial charge in [0.25, 0.3) is 5.91 Å². The van der Waals surface area contributed by atoms with Crippen LogP contribution in [0, 0.1) is 5.92 Å². The van der Waals surface area contributed by atoms with Gasteiger partial charge in [0, 0.05) is 6.92 Å². The number of rotatable bonds is 8. The molecule has 0 saturated heterocycles. The minimum atomic E-state index is -1.40. The van der Waals surface area contributed by atoms with Crippen molar-refractivity contribution < 1.29 is 24.2 Å². The van der Waals surface area contributed by atoms with E-state index in [4.69, 9.17) is 4.74 Å². The van der Waals surface area contributed by atoms with Crippen molar-refractivity contribution in [2.45, 2.75) is 77.5 Å². The molecule has 0 radical (unpaired) electrons. The summed E-state index contributed by atoms with van der Waals surface area (Å²) < 4.78 is 4.83. The highest BCUT2D eigenvalue weighted by molar-refractivity contribution is 5.87. The molecule has 1 aliphatic rings. The molecule has 0 spiro atoms. The van der Waals surface area contributed by atoms with E-state index in [2.05, 4.69) is 10.6 Å². The molecule has 1 unspecified atom stereocenters. The van der Waals surface area contributed by atoms with Gasteiger partial charge in [0.05, 0.1) is 12.6 Å². The van der Waals surface area contributed by atoms with E-state index in [1.54, 1.807) is 6.92 Å². The second-order valence-corrected chi connectivity index (χ2v) is 6.47.